The van der Waals surface area contributed by atoms with Crippen LogP contribution in [-0.2, 0) is 9.53 Å². The summed E-state index contributed by atoms with van der Waals surface area (Å²) in [6.45, 7) is 8.27. The van der Waals surface area contributed by atoms with Gasteiger partial charge in [-0.1, -0.05) is 13.8 Å². The Kier molecular flexibility index (Phi) is 7.28. The van der Waals surface area contributed by atoms with Crippen LogP contribution in [0.15, 0.2) is 0 Å². The van der Waals surface area contributed by atoms with Gasteiger partial charge >= 0.3 is 5.97 Å². The van der Waals surface area contributed by atoms with Crippen molar-refractivity contribution in [1.29, 1.82) is 0 Å². The van der Waals surface area contributed by atoms with Crippen molar-refractivity contribution in [3.05, 3.63) is 0 Å². The molecule has 0 spiro atoms. The summed E-state index contributed by atoms with van der Waals surface area (Å²) in [5.74, 6) is 0.0167. The van der Waals surface area contributed by atoms with Gasteiger partial charge in [0.25, 0.3) is 0 Å². The van der Waals surface area contributed by atoms with Crippen LogP contribution in [0.5, 0.6) is 0 Å². The molecule has 4 heteroatoms. The van der Waals surface area contributed by atoms with Crippen LogP contribution in [-0.4, -0.2) is 48.3 Å². The lowest BCUT2D eigenvalue weighted by Crippen LogP contribution is -2.37. The molecule has 4 nitrogen and oxygen atoms in total. The van der Waals surface area contributed by atoms with Crippen LogP contribution in [0.3, 0.4) is 0 Å². The maximum Gasteiger partial charge on any atom is 0.305 e. The molecule has 1 heterocycles. The summed E-state index contributed by atoms with van der Waals surface area (Å²) in [5, 5.41) is 8.54. The van der Waals surface area contributed by atoms with Gasteiger partial charge in [-0.05, 0) is 38.1 Å². The molecule has 0 radical (unpaired) electrons. The third-order valence-electron chi connectivity index (χ3n) is 3.46. The fourth-order valence-electron chi connectivity index (χ4n) is 2.34. The van der Waals surface area contributed by atoms with Gasteiger partial charge in [-0.3, -0.25) is 4.79 Å². The zero-order valence-corrected chi connectivity index (χ0v) is 11.7. The SMILES string of the molecule is CC(C)CCCN1CCC(OCCC(=O)O)CC1. The van der Waals surface area contributed by atoms with Gasteiger partial charge < -0.3 is 14.7 Å². The quantitative estimate of drug-likeness (QED) is 0.725. The van der Waals surface area contributed by atoms with Crippen molar-refractivity contribution in [2.24, 2.45) is 5.92 Å². The first-order valence-electron chi connectivity index (χ1n) is 7.13. The molecule has 0 saturated carbocycles. The fourth-order valence-corrected chi connectivity index (χ4v) is 2.34. The lowest BCUT2D eigenvalue weighted by atomic mass is 10.1. The Balaban J connectivity index is 2.03. The Bertz CT molecular complexity index is 235. The highest BCUT2D eigenvalue weighted by Gasteiger charge is 2.19. The second-order valence-electron chi connectivity index (χ2n) is 5.59. The molecule has 0 atom stereocenters. The van der Waals surface area contributed by atoms with Crippen LogP contribution in [0.4, 0.5) is 0 Å². The third kappa shape index (κ3) is 6.97. The van der Waals surface area contributed by atoms with E-state index in [4.69, 9.17) is 9.84 Å². The van der Waals surface area contributed by atoms with Gasteiger partial charge in [-0.25, -0.2) is 0 Å². The molecule has 0 aromatic heterocycles. The van der Waals surface area contributed by atoms with Crippen molar-refractivity contribution in [3.63, 3.8) is 0 Å². The van der Waals surface area contributed by atoms with Crippen molar-refractivity contribution in [1.82, 2.24) is 4.90 Å². The first-order valence-corrected chi connectivity index (χ1v) is 7.13. The predicted octanol–water partition coefficient (Wildman–Crippen LogP) is 2.38. The van der Waals surface area contributed by atoms with Gasteiger partial charge in [0.1, 0.15) is 0 Å². The zero-order valence-electron chi connectivity index (χ0n) is 11.7. The number of carboxylic acids is 1. The molecule has 0 unspecified atom stereocenters. The standard InChI is InChI=1S/C14H27NO3/c1-12(2)4-3-8-15-9-5-13(6-10-15)18-11-7-14(16)17/h12-13H,3-11H2,1-2H3,(H,16,17). The van der Waals surface area contributed by atoms with Crippen molar-refractivity contribution in [2.75, 3.05) is 26.2 Å². The summed E-state index contributed by atoms with van der Waals surface area (Å²) >= 11 is 0. The van der Waals surface area contributed by atoms with Gasteiger partial charge in [0, 0.05) is 13.1 Å². The molecule has 1 N–H and O–H groups in total. The molecule has 106 valence electrons. The monoisotopic (exact) mass is 257 g/mol. The molecule has 18 heavy (non-hydrogen) atoms. The summed E-state index contributed by atoms with van der Waals surface area (Å²) in [6.07, 6.45) is 5.06. The molecular weight excluding hydrogens is 230 g/mol. The molecule has 0 aromatic carbocycles. The molecular formula is C14H27NO3. The minimum atomic E-state index is -0.777. The van der Waals surface area contributed by atoms with E-state index >= 15 is 0 Å². The highest BCUT2D eigenvalue weighted by molar-refractivity contribution is 5.66. The van der Waals surface area contributed by atoms with Crippen LogP contribution in [0.25, 0.3) is 0 Å². The Labute approximate surface area is 110 Å². The smallest absolute Gasteiger partial charge is 0.305 e. The molecule has 1 rings (SSSR count). The molecule has 1 aliphatic heterocycles. The summed E-state index contributed by atoms with van der Waals surface area (Å²) in [6, 6.07) is 0. The molecule has 0 aliphatic carbocycles. The second kappa shape index (κ2) is 8.48. The van der Waals surface area contributed by atoms with Crippen molar-refractivity contribution in [2.45, 2.75) is 52.1 Å². The van der Waals surface area contributed by atoms with Gasteiger partial charge in [0.05, 0.1) is 19.1 Å². The second-order valence-corrected chi connectivity index (χ2v) is 5.59. The van der Waals surface area contributed by atoms with Crippen molar-refractivity contribution < 1.29 is 14.6 Å². The lowest BCUT2D eigenvalue weighted by Gasteiger charge is -2.31. The number of rotatable bonds is 8. The number of carboxylic acid groups (broad SMARTS) is 1. The summed E-state index contributed by atoms with van der Waals surface area (Å²) in [4.78, 5) is 12.9. The summed E-state index contributed by atoms with van der Waals surface area (Å²) in [5.41, 5.74) is 0. The van der Waals surface area contributed by atoms with E-state index in [9.17, 15) is 4.79 Å². The van der Waals surface area contributed by atoms with Crippen molar-refractivity contribution >= 4 is 5.97 Å². The Morgan fingerprint density at radius 2 is 2.06 bits per heavy atom. The highest BCUT2D eigenvalue weighted by atomic mass is 16.5. The van der Waals surface area contributed by atoms with E-state index in [1.54, 1.807) is 0 Å². The number of likely N-dealkylation sites (tertiary alicyclic amines) is 1. The van der Waals surface area contributed by atoms with E-state index in [0.29, 0.717) is 6.61 Å². The minimum Gasteiger partial charge on any atom is -0.481 e. The Morgan fingerprint density at radius 1 is 1.39 bits per heavy atom. The van der Waals surface area contributed by atoms with E-state index in [1.165, 1.54) is 19.4 Å². The number of hydrogen-bond donors (Lipinski definition) is 1. The normalized spacial score (nSPS) is 18.4. The molecule has 1 saturated heterocycles. The molecule has 0 amide bonds. The Hall–Kier alpha value is -0.610. The van der Waals surface area contributed by atoms with Crippen LogP contribution >= 0.6 is 0 Å². The topological polar surface area (TPSA) is 49.8 Å². The number of hydrogen-bond acceptors (Lipinski definition) is 3. The fraction of sp³-hybridized carbons (Fsp3) is 0.929. The first-order chi connectivity index (χ1) is 8.58. The lowest BCUT2D eigenvalue weighted by molar-refractivity contribution is -0.138. The number of carbonyl (C=O) groups is 1. The van der Waals surface area contributed by atoms with E-state index in [-0.39, 0.29) is 12.5 Å². The van der Waals surface area contributed by atoms with E-state index in [1.807, 2.05) is 0 Å². The maximum absolute atomic E-state index is 10.4. The van der Waals surface area contributed by atoms with E-state index in [0.717, 1.165) is 31.8 Å². The average Bonchev–Trinajstić information content (AvgIpc) is 2.30. The molecule has 0 aromatic rings. The van der Waals surface area contributed by atoms with Crippen molar-refractivity contribution in [3.8, 4) is 0 Å². The number of nitrogens with zero attached hydrogens (tertiary/aromatic N) is 1. The third-order valence-corrected chi connectivity index (χ3v) is 3.46. The molecule has 0 bridgehead atoms. The van der Waals surface area contributed by atoms with Crippen LogP contribution in [0.1, 0.15) is 46.0 Å². The molecule has 1 aliphatic rings. The minimum absolute atomic E-state index is 0.120. The van der Waals surface area contributed by atoms with Gasteiger partial charge in [-0.15, -0.1) is 0 Å². The van der Waals surface area contributed by atoms with Crippen LogP contribution < -0.4 is 0 Å². The van der Waals surface area contributed by atoms with Crippen LogP contribution in [0.2, 0.25) is 0 Å². The highest BCUT2D eigenvalue weighted by Crippen LogP contribution is 2.15. The predicted molar refractivity (Wildman–Crippen MR) is 71.7 cm³/mol. The Morgan fingerprint density at radius 3 is 2.61 bits per heavy atom. The first kappa shape index (κ1) is 15.4. The summed E-state index contributed by atoms with van der Waals surface area (Å²) in [7, 11) is 0. The number of ether oxygens (including phenoxy) is 1. The van der Waals surface area contributed by atoms with Gasteiger partial charge in [0.15, 0.2) is 0 Å². The van der Waals surface area contributed by atoms with E-state index in [2.05, 4.69) is 18.7 Å². The number of aliphatic carboxylic acids is 1. The maximum atomic E-state index is 10.4. The van der Waals surface area contributed by atoms with Gasteiger partial charge in [0.2, 0.25) is 0 Å². The largest absolute Gasteiger partial charge is 0.481 e. The van der Waals surface area contributed by atoms with E-state index < -0.39 is 5.97 Å². The van der Waals surface area contributed by atoms with Gasteiger partial charge in [-0.2, -0.15) is 0 Å². The molecule has 1 fully saturated rings. The number of piperidine rings is 1. The van der Waals surface area contributed by atoms with Crippen LogP contribution in [0, 0.1) is 5.92 Å². The summed E-state index contributed by atoms with van der Waals surface area (Å²) < 4.78 is 5.58. The zero-order chi connectivity index (χ0) is 13.4. The average molecular weight is 257 g/mol.